The molecule has 1 N–H and O–H groups in total. The van der Waals surface area contributed by atoms with Crippen molar-refractivity contribution < 1.29 is 13.9 Å². The van der Waals surface area contributed by atoms with Crippen LogP contribution in [-0.4, -0.2) is 41.7 Å². The van der Waals surface area contributed by atoms with Gasteiger partial charge >= 0.3 is 6.03 Å². The van der Waals surface area contributed by atoms with E-state index in [0.29, 0.717) is 38.1 Å². The van der Waals surface area contributed by atoms with E-state index in [0.717, 1.165) is 17.0 Å². The molecule has 0 spiro atoms. The molecule has 0 saturated carbocycles. The Morgan fingerprint density at radius 1 is 1.54 bits per heavy atom. The molecule has 2 aromatic rings. The number of urea groups is 1. The summed E-state index contributed by atoms with van der Waals surface area (Å²) < 4.78 is 11.0. The molecular weight excluding hydrogens is 326 g/mol. The molecule has 0 aliphatic carbocycles. The Balaban J connectivity index is 1.56. The molecule has 2 amide bonds. The SMILES string of the molecule is CC(C)CC1COCCN1C(=O)NCc1coc(-c2cccs2)n1. The van der Waals surface area contributed by atoms with Crippen molar-refractivity contribution in [3.8, 4) is 10.8 Å². The molecule has 6 nitrogen and oxygen atoms in total. The van der Waals surface area contributed by atoms with Crippen molar-refractivity contribution in [2.45, 2.75) is 32.9 Å². The first-order valence-corrected chi connectivity index (χ1v) is 9.12. The van der Waals surface area contributed by atoms with Gasteiger partial charge in [-0.1, -0.05) is 19.9 Å². The molecule has 0 radical (unpaired) electrons. The van der Waals surface area contributed by atoms with Crippen LogP contribution in [0.4, 0.5) is 4.79 Å². The molecule has 3 heterocycles. The minimum Gasteiger partial charge on any atom is -0.443 e. The third-order valence-corrected chi connectivity index (χ3v) is 4.79. The fourth-order valence-corrected chi connectivity index (χ4v) is 3.49. The summed E-state index contributed by atoms with van der Waals surface area (Å²) in [5.41, 5.74) is 0.723. The van der Waals surface area contributed by atoms with Crippen LogP contribution in [0.1, 0.15) is 26.0 Å². The number of morpholine rings is 1. The molecule has 1 aliphatic heterocycles. The van der Waals surface area contributed by atoms with Crippen molar-refractivity contribution >= 4 is 17.4 Å². The quantitative estimate of drug-likeness (QED) is 0.899. The summed E-state index contributed by atoms with van der Waals surface area (Å²) in [4.78, 5) is 19.8. The van der Waals surface area contributed by atoms with Crippen LogP contribution in [0, 0.1) is 5.92 Å². The van der Waals surface area contributed by atoms with Crippen LogP contribution < -0.4 is 5.32 Å². The number of hydrogen-bond acceptors (Lipinski definition) is 5. The fourth-order valence-electron chi connectivity index (χ4n) is 2.83. The molecule has 1 atom stereocenters. The Morgan fingerprint density at radius 2 is 2.42 bits per heavy atom. The Bertz CT molecular complexity index is 654. The van der Waals surface area contributed by atoms with Crippen LogP contribution in [0.25, 0.3) is 10.8 Å². The van der Waals surface area contributed by atoms with Gasteiger partial charge in [0, 0.05) is 6.54 Å². The normalized spacial score (nSPS) is 18.1. The first-order valence-electron chi connectivity index (χ1n) is 8.24. The van der Waals surface area contributed by atoms with E-state index in [2.05, 4.69) is 24.1 Å². The number of carbonyl (C=O) groups excluding carboxylic acids is 1. The van der Waals surface area contributed by atoms with Gasteiger partial charge in [-0.3, -0.25) is 0 Å². The lowest BCUT2D eigenvalue weighted by Gasteiger charge is -2.36. The van der Waals surface area contributed by atoms with Crippen molar-refractivity contribution in [2.75, 3.05) is 19.8 Å². The molecule has 24 heavy (non-hydrogen) atoms. The predicted octanol–water partition coefficient (Wildman–Crippen LogP) is 3.36. The number of carbonyl (C=O) groups is 1. The molecule has 130 valence electrons. The minimum atomic E-state index is -0.0652. The molecule has 1 aliphatic rings. The highest BCUT2D eigenvalue weighted by Crippen LogP contribution is 2.23. The van der Waals surface area contributed by atoms with Gasteiger partial charge in [0.05, 0.1) is 36.4 Å². The monoisotopic (exact) mass is 349 g/mol. The Kier molecular flexibility index (Phi) is 5.52. The zero-order valence-electron chi connectivity index (χ0n) is 14.0. The Labute approximate surface area is 145 Å². The molecule has 1 fully saturated rings. The fraction of sp³-hybridized carbons (Fsp3) is 0.529. The van der Waals surface area contributed by atoms with Crippen LogP contribution in [0.5, 0.6) is 0 Å². The van der Waals surface area contributed by atoms with Crippen molar-refractivity contribution in [2.24, 2.45) is 5.92 Å². The summed E-state index contributed by atoms with van der Waals surface area (Å²) in [5.74, 6) is 1.12. The lowest BCUT2D eigenvalue weighted by molar-refractivity contribution is 0.00549. The summed E-state index contributed by atoms with van der Waals surface area (Å²) >= 11 is 1.58. The van der Waals surface area contributed by atoms with E-state index in [-0.39, 0.29) is 12.1 Å². The molecule has 1 saturated heterocycles. The largest absolute Gasteiger partial charge is 0.443 e. The third-order valence-electron chi connectivity index (χ3n) is 3.94. The van der Waals surface area contributed by atoms with Crippen molar-refractivity contribution in [3.63, 3.8) is 0 Å². The van der Waals surface area contributed by atoms with Gasteiger partial charge in [-0.15, -0.1) is 11.3 Å². The first-order chi connectivity index (χ1) is 11.6. The topological polar surface area (TPSA) is 67.6 Å². The van der Waals surface area contributed by atoms with E-state index in [1.807, 2.05) is 22.4 Å². The number of amides is 2. The van der Waals surface area contributed by atoms with Crippen LogP contribution in [0.2, 0.25) is 0 Å². The van der Waals surface area contributed by atoms with Crippen LogP contribution >= 0.6 is 11.3 Å². The molecule has 0 bridgehead atoms. The molecule has 7 heteroatoms. The molecular formula is C17H23N3O3S. The number of oxazole rings is 1. The van der Waals surface area contributed by atoms with Gasteiger partial charge in [-0.05, 0) is 23.8 Å². The van der Waals surface area contributed by atoms with Crippen LogP contribution in [0.3, 0.4) is 0 Å². The summed E-state index contributed by atoms with van der Waals surface area (Å²) in [6, 6.07) is 3.99. The van der Waals surface area contributed by atoms with Crippen molar-refractivity contribution in [1.29, 1.82) is 0 Å². The van der Waals surface area contributed by atoms with E-state index in [4.69, 9.17) is 9.15 Å². The molecule has 1 unspecified atom stereocenters. The summed E-state index contributed by atoms with van der Waals surface area (Å²) in [6.45, 7) is 6.51. The number of thiophene rings is 1. The number of aromatic nitrogens is 1. The van der Waals surface area contributed by atoms with E-state index < -0.39 is 0 Å². The highest BCUT2D eigenvalue weighted by molar-refractivity contribution is 7.13. The molecule has 3 rings (SSSR count). The summed E-state index contributed by atoms with van der Waals surface area (Å²) in [5, 5.41) is 4.92. The molecule has 0 aromatic carbocycles. The maximum Gasteiger partial charge on any atom is 0.318 e. The van der Waals surface area contributed by atoms with Gasteiger partial charge in [0.25, 0.3) is 0 Å². The lowest BCUT2D eigenvalue weighted by atomic mass is 10.0. The summed E-state index contributed by atoms with van der Waals surface area (Å²) in [7, 11) is 0. The number of ether oxygens (including phenoxy) is 1. The van der Waals surface area contributed by atoms with Gasteiger partial charge in [-0.25, -0.2) is 9.78 Å². The number of nitrogens with zero attached hydrogens (tertiary/aromatic N) is 2. The van der Waals surface area contributed by atoms with Gasteiger partial charge in [-0.2, -0.15) is 0 Å². The highest BCUT2D eigenvalue weighted by atomic mass is 32.1. The Hall–Kier alpha value is -1.86. The number of hydrogen-bond donors (Lipinski definition) is 1. The van der Waals surface area contributed by atoms with Gasteiger partial charge in [0.1, 0.15) is 6.26 Å². The van der Waals surface area contributed by atoms with E-state index in [1.54, 1.807) is 17.6 Å². The van der Waals surface area contributed by atoms with Gasteiger partial charge < -0.3 is 19.4 Å². The van der Waals surface area contributed by atoms with Gasteiger partial charge in [0.15, 0.2) is 0 Å². The maximum absolute atomic E-state index is 12.5. The average molecular weight is 349 g/mol. The summed E-state index contributed by atoms with van der Waals surface area (Å²) in [6.07, 6.45) is 2.54. The van der Waals surface area contributed by atoms with Gasteiger partial charge in [0.2, 0.25) is 5.89 Å². The van der Waals surface area contributed by atoms with E-state index >= 15 is 0 Å². The predicted molar refractivity (Wildman–Crippen MR) is 92.8 cm³/mol. The zero-order chi connectivity index (χ0) is 16.9. The Morgan fingerprint density at radius 3 is 3.17 bits per heavy atom. The number of rotatable bonds is 5. The standard InChI is InChI=1S/C17H23N3O3S/c1-12(2)8-14-11-22-6-5-20(14)17(21)18-9-13-10-23-16(19-13)15-4-3-7-24-15/h3-4,7,10,12,14H,5-6,8-9,11H2,1-2H3,(H,18,21). The second kappa shape index (κ2) is 7.81. The van der Waals surface area contributed by atoms with E-state index in [1.165, 1.54) is 0 Å². The average Bonchev–Trinajstić information content (AvgIpc) is 3.24. The third kappa shape index (κ3) is 4.15. The zero-order valence-corrected chi connectivity index (χ0v) is 14.8. The second-order valence-corrected chi connectivity index (χ2v) is 7.28. The van der Waals surface area contributed by atoms with Crippen LogP contribution in [0.15, 0.2) is 28.2 Å². The van der Waals surface area contributed by atoms with E-state index in [9.17, 15) is 4.79 Å². The highest BCUT2D eigenvalue weighted by Gasteiger charge is 2.27. The molecule has 2 aromatic heterocycles. The van der Waals surface area contributed by atoms with Crippen molar-refractivity contribution in [3.05, 3.63) is 29.5 Å². The first kappa shape index (κ1) is 17.0. The van der Waals surface area contributed by atoms with Crippen molar-refractivity contribution in [1.82, 2.24) is 15.2 Å². The van der Waals surface area contributed by atoms with Crippen LogP contribution in [-0.2, 0) is 11.3 Å². The number of nitrogens with one attached hydrogen (secondary N) is 1. The smallest absolute Gasteiger partial charge is 0.318 e. The maximum atomic E-state index is 12.5. The minimum absolute atomic E-state index is 0.0652. The second-order valence-electron chi connectivity index (χ2n) is 6.33. The lowest BCUT2D eigenvalue weighted by Crippen LogP contribution is -2.52.